The molecule has 0 aliphatic heterocycles. The van der Waals surface area contributed by atoms with Crippen molar-refractivity contribution in [3.63, 3.8) is 0 Å². The summed E-state index contributed by atoms with van der Waals surface area (Å²) in [5, 5.41) is 3.06. The monoisotopic (exact) mass is 389 g/mol. The van der Waals surface area contributed by atoms with Gasteiger partial charge in [-0.25, -0.2) is 0 Å². The van der Waals surface area contributed by atoms with Crippen molar-refractivity contribution in [3.8, 4) is 11.5 Å². The lowest BCUT2D eigenvalue weighted by atomic mass is 10.1. The van der Waals surface area contributed by atoms with Crippen LogP contribution < -0.4 is 20.9 Å². The first-order valence-electron chi connectivity index (χ1n) is 9.25. The highest BCUT2D eigenvalue weighted by atomic mass is 16.5. The van der Waals surface area contributed by atoms with Gasteiger partial charge in [0.2, 0.25) is 0 Å². The molecule has 0 fully saturated rings. The van der Waals surface area contributed by atoms with Gasteiger partial charge in [-0.1, -0.05) is 48.0 Å². The second-order valence-electron chi connectivity index (χ2n) is 6.59. The van der Waals surface area contributed by atoms with Gasteiger partial charge in [-0.3, -0.25) is 20.4 Å². The largest absolute Gasteiger partial charge is 0.457 e. The van der Waals surface area contributed by atoms with Crippen LogP contribution in [0.25, 0.3) is 0 Å². The standard InChI is InChI=1S/C23H23N3O3/c1-16-12-13-20(17(2)14-16)24-15-22(27)25-26-23(28)19-10-6-7-11-21(19)29-18-8-4-3-5-9-18/h3-14,24H,15H2,1-2H3,(H,25,27)(H,26,28). The maximum Gasteiger partial charge on any atom is 0.273 e. The number of para-hydroxylation sites is 2. The molecule has 0 aliphatic carbocycles. The fraction of sp³-hybridized carbons (Fsp3) is 0.130. The predicted octanol–water partition coefficient (Wildman–Crippen LogP) is 3.97. The summed E-state index contributed by atoms with van der Waals surface area (Å²) in [7, 11) is 0. The molecule has 0 unspecified atom stereocenters. The number of ether oxygens (including phenoxy) is 1. The molecule has 0 heterocycles. The molecule has 148 valence electrons. The molecule has 0 aromatic heterocycles. The Bertz CT molecular complexity index is 1000. The van der Waals surface area contributed by atoms with Crippen molar-refractivity contribution in [2.45, 2.75) is 13.8 Å². The normalized spacial score (nSPS) is 10.1. The van der Waals surface area contributed by atoms with Crippen LogP contribution in [0.1, 0.15) is 21.5 Å². The maximum atomic E-state index is 12.5. The molecule has 3 aromatic carbocycles. The molecule has 6 nitrogen and oxygen atoms in total. The zero-order chi connectivity index (χ0) is 20.6. The van der Waals surface area contributed by atoms with Crippen molar-refractivity contribution in [1.29, 1.82) is 0 Å². The van der Waals surface area contributed by atoms with Gasteiger partial charge in [-0.2, -0.15) is 0 Å². The van der Waals surface area contributed by atoms with Gasteiger partial charge in [0.25, 0.3) is 11.8 Å². The molecule has 6 heteroatoms. The summed E-state index contributed by atoms with van der Waals surface area (Å²) in [4.78, 5) is 24.6. The molecule has 3 aromatic rings. The first kappa shape index (κ1) is 19.9. The molecule has 0 saturated carbocycles. The smallest absolute Gasteiger partial charge is 0.273 e. The van der Waals surface area contributed by atoms with E-state index >= 15 is 0 Å². The van der Waals surface area contributed by atoms with Gasteiger partial charge in [-0.05, 0) is 49.7 Å². The molecule has 0 saturated heterocycles. The third kappa shape index (κ3) is 5.59. The zero-order valence-corrected chi connectivity index (χ0v) is 16.4. The van der Waals surface area contributed by atoms with E-state index in [1.54, 1.807) is 36.4 Å². The van der Waals surface area contributed by atoms with Crippen molar-refractivity contribution in [2.75, 3.05) is 11.9 Å². The fourth-order valence-electron chi connectivity index (χ4n) is 2.78. The van der Waals surface area contributed by atoms with Crippen LogP contribution in [0.4, 0.5) is 5.69 Å². The van der Waals surface area contributed by atoms with E-state index in [-0.39, 0.29) is 12.5 Å². The number of aryl methyl sites for hydroxylation is 2. The molecule has 0 aliphatic rings. The summed E-state index contributed by atoms with van der Waals surface area (Å²) in [6.07, 6.45) is 0. The average molecular weight is 389 g/mol. The van der Waals surface area contributed by atoms with Crippen LogP contribution in [0.2, 0.25) is 0 Å². The van der Waals surface area contributed by atoms with Crippen LogP contribution in [0.3, 0.4) is 0 Å². The molecule has 0 radical (unpaired) electrons. The number of hydrazine groups is 1. The number of carbonyl (C=O) groups is 2. The SMILES string of the molecule is Cc1ccc(NCC(=O)NNC(=O)c2ccccc2Oc2ccccc2)c(C)c1. The average Bonchev–Trinajstić information content (AvgIpc) is 2.72. The van der Waals surface area contributed by atoms with Gasteiger partial charge in [-0.15, -0.1) is 0 Å². The van der Waals surface area contributed by atoms with Crippen LogP contribution in [0, 0.1) is 13.8 Å². The summed E-state index contributed by atoms with van der Waals surface area (Å²) in [6.45, 7) is 4.02. The van der Waals surface area contributed by atoms with Crippen LogP contribution in [-0.4, -0.2) is 18.4 Å². The Balaban J connectivity index is 1.56. The summed E-state index contributed by atoms with van der Waals surface area (Å²) in [5.74, 6) is 0.199. The van der Waals surface area contributed by atoms with E-state index in [2.05, 4.69) is 16.2 Å². The molecule has 29 heavy (non-hydrogen) atoms. The molecular weight excluding hydrogens is 366 g/mol. The summed E-state index contributed by atoms with van der Waals surface area (Å²) < 4.78 is 5.78. The maximum absolute atomic E-state index is 12.5. The van der Waals surface area contributed by atoms with E-state index in [1.807, 2.05) is 50.2 Å². The number of hydrogen-bond acceptors (Lipinski definition) is 4. The van der Waals surface area contributed by atoms with Crippen LogP contribution in [-0.2, 0) is 4.79 Å². The van der Waals surface area contributed by atoms with E-state index < -0.39 is 5.91 Å². The quantitative estimate of drug-likeness (QED) is 0.558. The second-order valence-corrected chi connectivity index (χ2v) is 6.59. The van der Waals surface area contributed by atoms with E-state index in [4.69, 9.17) is 4.74 Å². The van der Waals surface area contributed by atoms with Gasteiger partial charge < -0.3 is 10.1 Å². The number of benzene rings is 3. The lowest BCUT2D eigenvalue weighted by Crippen LogP contribution is -2.44. The minimum Gasteiger partial charge on any atom is -0.457 e. The number of anilines is 1. The van der Waals surface area contributed by atoms with Gasteiger partial charge in [0, 0.05) is 5.69 Å². The second kappa shape index (κ2) is 9.41. The summed E-state index contributed by atoms with van der Waals surface area (Å²) >= 11 is 0. The minimum atomic E-state index is -0.462. The number of carbonyl (C=O) groups excluding carboxylic acids is 2. The molecule has 0 spiro atoms. The molecule has 0 atom stereocenters. The highest BCUT2D eigenvalue weighted by Crippen LogP contribution is 2.24. The Hall–Kier alpha value is -3.80. The molecule has 3 rings (SSSR count). The summed E-state index contributed by atoms with van der Waals surface area (Å²) in [5.41, 5.74) is 8.24. The van der Waals surface area contributed by atoms with Crippen LogP contribution >= 0.6 is 0 Å². The highest BCUT2D eigenvalue weighted by Gasteiger charge is 2.13. The number of amides is 2. The van der Waals surface area contributed by atoms with Gasteiger partial charge >= 0.3 is 0 Å². The fourth-order valence-corrected chi connectivity index (χ4v) is 2.78. The third-order valence-electron chi connectivity index (χ3n) is 4.24. The number of nitrogens with one attached hydrogen (secondary N) is 3. The van der Waals surface area contributed by atoms with Gasteiger partial charge in [0.05, 0.1) is 12.1 Å². The van der Waals surface area contributed by atoms with Crippen molar-refractivity contribution < 1.29 is 14.3 Å². The number of hydrogen-bond donors (Lipinski definition) is 3. The number of rotatable bonds is 6. The van der Waals surface area contributed by atoms with Crippen molar-refractivity contribution >= 4 is 17.5 Å². The Kier molecular flexibility index (Phi) is 6.47. The minimum absolute atomic E-state index is 0.0341. The zero-order valence-electron chi connectivity index (χ0n) is 16.4. The van der Waals surface area contributed by atoms with Crippen LogP contribution in [0.15, 0.2) is 72.8 Å². The lowest BCUT2D eigenvalue weighted by Gasteiger charge is -2.13. The van der Waals surface area contributed by atoms with Crippen molar-refractivity contribution in [2.24, 2.45) is 0 Å². The van der Waals surface area contributed by atoms with E-state index in [9.17, 15) is 9.59 Å². The lowest BCUT2D eigenvalue weighted by molar-refractivity contribution is -0.120. The molecule has 0 bridgehead atoms. The van der Waals surface area contributed by atoms with Crippen molar-refractivity contribution in [1.82, 2.24) is 10.9 Å². The van der Waals surface area contributed by atoms with E-state index in [0.717, 1.165) is 16.8 Å². The van der Waals surface area contributed by atoms with Crippen molar-refractivity contribution in [3.05, 3.63) is 89.5 Å². The summed E-state index contributed by atoms with van der Waals surface area (Å²) in [6, 6.07) is 22.0. The molecule has 3 N–H and O–H groups in total. The third-order valence-corrected chi connectivity index (χ3v) is 4.24. The van der Waals surface area contributed by atoms with E-state index in [1.165, 1.54) is 0 Å². The first-order valence-corrected chi connectivity index (χ1v) is 9.25. The van der Waals surface area contributed by atoms with Gasteiger partial charge in [0.15, 0.2) is 0 Å². The highest BCUT2D eigenvalue weighted by molar-refractivity contribution is 5.98. The Morgan fingerprint density at radius 2 is 1.59 bits per heavy atom. The molecule has 2 amide bonds. The topological polar surface area (TPSA) is 79.5 Å². The Morgan fingerprint density at radius 3 is 2.34 bits per heavy atom. The van der Waals surface area contributed by atoms with Gasteiger partial charge in [0.1, 0.15) is 11.5 Å². The predicted molar refractivity (Wildman–Crippen MR) is 113 cm³/mol. The van der Waals surface area contributed by atoms with Crippen LogP contribution in [0.5, 0.6) is 11.5 Å². The van der Waals surface area contributed by atoms with E-state index in [0.29, 0.717) is 17.1 Å². The molecular formula is C23H23N3O3. The first-order chi connectivity index (χ1) is 14.0. The Morgan fingerprint density at radius 1 is 0.862 bits per heavy atom. The Labute approximate surface area is 169 Å².